The molecule has 3 rings (SSSR count). The van der Waals surface area contributed by atoms with Crippen molar-refractivity contribution in [2.45, 2.75) is 31.9 Å². The third-order valence-electron chi connectivity index (χ3n) is 5.01. The number of carbonyl (C=O) groups is 2. The van der Waals surface area contributed by atoms with Gasteiger partial charge in [-0.05, 0) is 33.0 Å². The first-order valence-electron chi connectivity index (χ1n) is 8.56. The second-order valence-electron chi connectivity index (χ2n) is 6.80. The predicted octanol–water partition coefficient (Wildman–Crippen LogP) is 0.590. The number of rotatable bonds is 5. The van der Waals surface area contributed by atoms with Gasteiger partial charge in [0.25, 0.3) is 0 Å². The molecule has 9 heteroatoms. The lowest BCUT2D eigenvalue weighted by atomic mass is 10.0. The molecule has 0 spiro atoms. The van der Waals surface area contributed by atoms with E-state index in [1.807, 2.05) is 11.9 Å². The van der Waals surface area contributed by atoms with Gasteiger partial charge in [0.15, 0.2) is 0 Å². The SMILES string of the molecule is COCc1nnc(N2CC(C(=O)N(C)C3CCN(C)CC3)CC2=O)s1. The highest BCUT2D eigenvalue weighted by Gasteiger charge is 2.39. The Morgan fingerprint density at radius 2 is 2.08 bits per heavy atom. The molecule has 0 radical (unpaired) electrons. The Labute approximate surface area is 151 Å². The van der Waals surface area contributed by atoms with E-state index in [0.29, 0.717) is 18.3 Å². The van der Waals surface area contributed by atoms with Crippen molar-refractivity contribution in [2.75, 3.05) is 45.7 Å². The first-order chi connectivity index (χ1) is 12.0. The number of anilines is 1. The van der Waals surface area contributed by atoms with Gasteiger partial charge in [-0.15, -0.1) is 10.2 Å². The Hall–Kier alpha value is -1.58. The Balaban J connectivity index is 1.61. The number of hydrogen-bond donors (Lipinski definition) is 0. The lowest BCUT2D eigenvalue weighted by molar-refractivity contribution is -0.137. The molecule has 0 N–H and O–H groups in total. The van der Waals surface area contributed by atoms with Crippen LogP contribution in [0.3, 0.4) is 0 Å². The van der Waals surface area contributed by atoms with Crippen LogP contribution < -0.4 is 4.90 Å². The molecule has 138 valence electrons. The van der Waals surface area contributed by atoms with Crippen molar-refractivity contribution in [3.8, 4) is 0 Å². The largest absolute Gasteiger partial charge is 0.377 e. The van der Waals surface area contributed by atoms with E-state index in [1.54, 1.807) is 12.0 Å². The first kappa shape index (κ1) is 18.2. The van der Waals surface area contributed by atoms with Crippen molar-refractivity contribution < 1.29 is 14.3 Å². The van der Waals surface area contributed by atoms with Crippen LogP contribution in [0.2, 0.25) is 0 Å². The molecule has 0 saturated carbocycles. The second kappa shape index (κ2) is 7.76. The van der Waals surface area contributed by atoms with Crippen LogP contribution in [0.1, 0.15) is 24.3 Å². The molecular formula is C16H25N5O3S. The number of piperidine rings is 1. The molecule has 8 nitrogen and oxygen atoms in total. The molecule has 1 atom stereocenters. The number of hydrogen-bond acceptors (Lipinski definition) is 7. The molecule has 2 saturated heterocycles. The van der Waals surface area contributed by atoms with Gasteiger partial charge < -0.3 is 14.5 Å². The monoisotopic (exact) mass is 367 g/mol. The van der Waals surface area contributed by atoms with Gasteiger partial charge in [0.05, 0.1) is 5.92 Å². The topological polar surface area (TPSA) is 78.9 Å². The van der Waals surface area contributed by atoms with E-state index in [1.165, 1.54) is 11.3 Å². The van der Waals surface area contributed by atoms with Crippen molar-refractivity contribution in [1.29, 1.82) is 0 Å². The molecule has 1 aromatic heterocycles. The smallest absolute Gasteiger partial charge is 0.229 e. The van der Waals surface area contributed by atoms with E-state index in [2.05, 4.69) is 22.1 Å². The Morgan fingerprint density at radius 3 is 2.76 bits per heavy atom. The number of nitrogens with zero attached hydrogens (tertiary/aromatic N) is 5. The molecule has 0 bridgehead atoms. The van der Waals surface area contributed by atoms with Gasteiger partial charge in [-0.3, -0.25) is 14.5 Å². The summed E-state index contributed by atoms with van der Waals surface area (Å²) >= 11 is 1.34. The van der Waals surface area contributed by atoms with Crippen molar-refractivity contribution in [3.63, 3.8) is 0 Å². The normalized spacial score (nSPS) is 22.6. The molecule has 2 fully saturated rings. The maximum atomic E-state index is 12.8. The molecule has 2 aliphatic heterocycles. The van der Waals surface area contributed by atoms with Crippen LogP contribution in [-0.4, -0.2) is 78.7 Å². The fourth-order valence-corrected chi connectivity index (χ4v) is 4.28. The summed E-state index contributed by atoms with van der Waals surface area (Å²) in [5, 5.41) is 9.36. The minimum Gasteiger partial charge on any atom is -0.377 e. The third-order valence-corrected chi connectivity index (χ3v) is 5.93. The lowest BCUT2D eigenvalue weighted by Gasteiger charge is -2.36. The fraction of sp³-hybridized carbons (Fsp3) is 0.750. The molecule has 1 aromatic rings. The van der Waals surface area contributed by atoms with Gasteiger partial charge in [-0.2, -0.15) is 0 Å². The predicted molar refractivity (Wildman–Crippen MR) is 94.4 cm³/mol. The number of methoxy groups -OCH3 is 1. The number of aromatic nitrogens is 2. The second-order valence-corrected chi connectivity index (χ2v) is 7.84. The summed E-state index contributed by atoms with van der Waals surface area (Å²) in [7, 11) is 5.56. The van der Waals surface area contributed by atoms with Gasteiger partial charge >= 0.3 is 0 Å². The zero-order chi connectivity index (χ0) is 18.0. The summed E-state index contributed by atoms with van der Waals surface area (Å²) in [6.45, 7) is 2.77. The van der Waals surface area contributed by atoms with Crippen molar-refractivity contribution in [3.05, 3.63) is 5.01 Å². The Kier molecular flexibility index (Phi) is 5.65. The van der Waals surface area contributed by atoms with Crippen LogP contribution in [0.25, 0.3) is 0 Å². The van der Waals surface area contributed by atoms with Gasteiger partial charge in [0, 0.05) is 33.2 Å². The third kappa shape index (κ3) is 3.99. The average molecular weight is 367 g/mol. The molecule has 25 heavy (non-hydrogen) atoms. The van der Waals surface area contributed by atoms with Crippen LogP contribution in [0.4, 0.5) is 5.13 Å². The zero-order valence-corrected chi connectivity index (χ0v) is 15.8. The standard InChI is InChI=1S/C16H25N5O3S/c1-19-6-4-12(5-7-19)20(2)15(23)11-8-14(22)21(9-11)16-18-17-13(25-16)10-24-3/h11-12H,4-10H2,1-3H3. The molecule has 2 amide bonds. The highest BCUT2D eigenvalue weighted by Crippen LogP contribution is 2.29. The number of likely N-dealkylation sites (tertiary alicyclic amines) is 1. The van der Waals surface area contributed by atoms with Crippen LogP contribution in [0.5, 0.6) is 0 Å². The van der Waals surface area contributed by atoms with Gasteiger partial charge in [0.2, 0.25) is 16.9 Å². The number of ether oxygens (including phenoxy) is 1. The van der Waals surface area contributed by atoms with Crippen LogP contribution in [-0.2, 0) is 20.9 Å². The molecule has 2 aliphatic rings. The summed E-state index contributed by atoms with van der Waals surface area (Å²) in [5.74, 6) is -0.297. The molecule has 0 aromatic carbocycles. The van der Waals surface area contributed by atoms with E-state index < -0.39 is 0 Å². The van der Waals surface area contributed by atoms with Crippen LogP contribution in [0, 0.1) is 5.92 Å². The van der Waals surface area contributed by atoms with Crippen LogP contribution in [0.15, 0.2) is 0 Å². The summed E-state index contributed by atoms with van der Waals surface area (Å²) in [6, 6.07) is 0.266. The van der Waals surface area contributed by atoms with Crippen molar-refractivity contribution >= 4 is 28.3 Å². The maximum Gasteiger partial charge on any atom is 0.229 e. The van der Waals surface area contributed by atoms with Gasteiger partial charge in [-0.1, -0.05) is 11.3 Å². The molecular weight excluding hydrogens is 342 g/mol. The quantitative estimate of drug-likeness (QED) is 0.758. The Morgan fingerprint density at radius 1 is 1.36 bits per heavy atom. The van der Waals surface area contributed by atoms with E-state index >= 15 is 0 Å². The molecule has 3 heterocycles. The molecule has 0 aliphatic carbocycles. The summed E-state index contributed by atoms with van der Waals surface area (Å²) in [5.41, 5.74) is 0. The van der Waals surface area contributed by atoms with E-state index in [9.17, 15) is 9.59 Å². The van der Waals surface area contributed by atoms with Gasteiger partial charge in [0.1, 0.15) is 11.6 Å². The number of amides is 2. The fourth-order valence-electron chi connectivity index (χ4n) is 3.44. The summed E-state index contributed by atoms with van der Waals surface area (Å²) in [4.78, 5) is 30.9. The van der Waals surface area contributed by atoms with Gasteiger partial charge in [-0.25, -0.2) is 0 Å². The summed E-state index contributed by atoms with van der Waals surface area (Å²) in [6.07, 6.45) is 2.22. The summed E-state index contributed by atoms with van der Waals surface area (Å²) < 4.78 is 5.04. The highest BCUT2D eigenvalue weighted by molar-refractivity contribution is 7.15. The maximum absolute atomic E-state index is 12.8. The first-order valence-corrected chi connectivity index (χ1v) is 9.38. The van der Waals surface area contributed by atoms with E-state index in [4.69, 9.17) is 4.74 Å². The van der Waals surface area contributed by atoms with Crippen molar-refractivity contribution in [1.82, 2.24) is 20.0 Å². The van der Waals surface area contributed by atoms with E-state index in [0.717, 1.165) is 30.9 Å². The highest BCUT2D eigenvalue weighted by atomic mass is 32.1. The minimum absolute atomic E-state index is 0.0600. The lowest BCUT2D eigenvalue weighted by Crippen LogP contribution is -2.46. The van der Waals surface area contributed by atoms with E-state index in [-0.39, 0.29) is 30.2 Å². The minimum atomic E-state index is -0.299. The zero-order valence-electron chi connectivity index (χ0n) is 15.0. The molecule has 1 unspecified atom stereocenters. The number of carbonyl (C=O) groups excluding carboxylic acids is 2. The average Bonchev–Trinajstić information content (AvgIpc) is 3.21. The van der Waals surface area contributed by atoms with Crippen molar-refractivity contribution in [2.24, 2.45) is 5.92 Å². The Bertz CT molecular complexity index is 629. The van der Waals surface area contributed by atoms with Crippen LogP contribution >= 0.6 is 11.3 Å².